The number of sulfonamides is 1. The van der Waals surface area contributed by atoms with Gasteiger partial charge in [-0.2, -0.15) is 4.31 Å². The number of nitrogens with zero attached hydrogens (tertiary/aromatic N) is 1. The topological polar surface area (TPSA) is 37.4 Å². The summed E-state index contributed by atoms with van der Waals surface area (Å²) in [5, 5.41) is 0. The maximum Gasteiger partial charge on any atom is 0.252 e. The van der Waals surface area contributed by atoms with E-state index in [0.29, 0.717) is 8.55 Å². The zero-order chi connectivity index (χ0) is 12.5. The average Bonchev–Trinajstić information content (AvgIpc) is 2.77. The maximum absolute atomic E-state index is 12.3. The van der Waals surface area contributed by atoms with Crippen molar-refractivity contribution >= 4 is 33.0 Å². The quantitative estimate of drug-likeness (QED) is 0.857. The van der Waals surface area contributed by atoms with E-state index in [-0.39, 0.29) is 6.04 Å². The molecule has 0 radical (unpaired) electrons. The molecule has 0 spiro atoms. The van der Waals surface area contributed by atoms with E-state index in [1.54, 1.807) is 19.2 Å². The number of thiophene rings is 1. The molecule has 96 valence electrons. The molecule has 0 N–H and O–H groups in total. The van der Waals surface area contributed by atoms with Crippen LogP contribution in [0.5, 0.6) is 0 Å². The molecule has 0 atom stereocenters. The van der Waals surface area contributed by atoms with Crippen molar-refractivity contribution in [2.45, 2.75) is 42.4 Å². The van der Waals surface area contributed by atoms with Gasteiger partial charge in [0.2, 0.25) is 0 Å². The third kappa shape index (κ3) is 2.84. The van der Waals surface area contributed by atoms with Gasteiger partial charge >= 0.3 is 0 Å². The fraction of sp³-hybridized carbons (Fsp3) is 0.636. The zero-order valence-corrected chi connectivity index (χ0v) is 12.1. The molecule has 0 aliphatic heterocycles. The van der Waals surface area contributed by atoms with Crippen molar-refractivity contribution in [1.29, 1.82) is 0 Å². The van der Waals surface area contributed by atoms with Crippen molar-refractivity contribution < 1.29 is 8.42 Å². The molecule has 1 aromatic heterocycles. The summed E-state index contributed by atoms with van der Waals surface area (Å²) >= 11 is 6.92. The van der Waals surface area contributed by atoms with Crippen molar-refractivity contribution in [1.82, 2.24) is 4.31 Å². The van der Waals surface area contributed by atoms with Crippen LogP contribution < -0.4 is 0 Å². The van der Waals surface area contributed by atoms with Gasteiger partial charge in [-0.25, -0.2) is 8.42 Å². The molecule has 1 saturated carbocycles. The molecule has 0 saturated heterocycles. The Labute approximate surface area is 111 Å². The Morgan fingerprint density at radius 3 is 2.47 bits per heavy atom. The lowest BCUT2D eigenvalue weighted by Gasteiger charge is -2.29. The monoisotopic (exact) mass is 293 g/mol. The Balaban J connectivity index is 2.20. The Hall–Kier alpha value is -0.100. The van der Waals surface area contributed by atoms with Gasteiger partial charge in [0, 0.05) is 13.1 Å². The predicted octanol–water partition coefficient (Wildman–Crippen LogP) is 3.35. The highest BCUT2D eigenvalue weighted by atomic mass is 35.5. The molecule has 0 unspecified atom stereocenters. The molecule has 0 amide bonds. The van der Waals surface area contributed by atoms with Crippen LogP contribution in [0.4, 0.5) is 0 Å². The van der Waals surface area contributed by atoms with Crippen LogP contribution in [0.25, 0.3) is 0 Å². The fourth-order valence-corrected chi connectivity index (χ4v) is 5.30. The molecule has 3 nitrogen and oxygen atoms in total. The van der Waals surface area contributed by atoms with Crippen LogP contribution >= 0.6 is 22.9 Å². The van der Waals surface area contributed by atoms with Gasteiger partial charge in [-0.3, -0.25) is 0 Å². The summed E-state index contributed by atoms with van der Waals surface area (Å²) in [6, 6.07) is 3.37. The summed E-state index contributed by atoms with van der Waals surface area (Å²) in [6.45, 7) is 0. The second kappa shape index (κ2) is 5.26. The van der Waals surface area contributed by atoms with Gasteiger partial charge in [0.05, 0.1) is 4.34 Å². The predicted molar refractivity (Wildman–Crippen MR) is 71.2 cm³/mol. The lowest BCUT2D eigenvalue weighted by Crippen LogP contribution is -2.37. The number of hydrogen-bond acceptors (Lipinski definition) is 3. The van der Waals surface area contributed by atoms with Crippen LogP contribution in [0.1, 0.15) is 32.1 Å². The summed E-state index contributed by atoms with van der Waals surface area (Å²) in [7, 11) is -1.67. The number of rotatable bonds is 3. The molecule has 17 heavy (non-hydrogen) atoms. The van der Waals surface area contributed by atoms with E-state index in [9.17, 15) is 8.42 Å². The van der Waals surface area contributed by atoms with Gasteiger partial charge < -0.3 is 0 Å². The van der Waals surface area contributed by atoms with E-state index in [2.05, 4.69) is 0 Å². The summed E-state index contributed by atoms with van der Waals surface area (Å²) in [5.74, 6) is 0. The van der Waals surface area contributed by atoms with Gasteiger partial charge in [-0.1, -0.05) is 30.9 Å². The first-order valence-corrected chi connectivity index (χ1v) is 8.38. The first-order chi connectivity index (χ1) is 8.01. The van der Waals surface area contributed by atoms with Gasteiger partial charge in [0.25, 0.3) is 10.0 Å². The van der Waals surface area contributed by atoms with Gasteiger partial charge in [-0.15, -0.1) is 11.3 Å². The van der Waals surface area contributed by atoms with Crippen LogP contribution in [0.2, 0.25) is 4.34 Å². The normalized spacial score (nSPS) is 18.8. The van der Waals surface area contributed by atoms with E-state index in [1.165, 1.54) is 10.7 Å². The van der Waals surface area contributed by atoms with Crippen molar-refractivity contribution in [3.8, 4) is 0 Å². The first-order valence-electron chi connectivity index (χ1n) is 5.75. The van der Waals surface area contributed by atoms with Crippen LogP contribution in [-0.4, -0.2) is 25.8 Å². The second-order valence-corrected chi connectivity index (χ2v) is 8.31. The lowest BCUT2D eigenvalue weighted by molar-refractivity contribution is 0.286. The Kier molecular flexibility index (Phi) is 4.13. The standard InChI is InChI=1S/C11H16ClNO2S2/c1-13(9-5-3-2-4-6-9)17(14,15)11-8-7-10(12)16-11/h7-9H,2-6H2,1H3. The van der Waals surface area contributed by atoms with E-state index in [1.807, 2.05) is 0 Å². The molecule has 1 heterocycles. The molecule has 1 fully saturated rings. The molecule has 6 heteroatoms. The van der Waals surface area contributed by atoms with Crippen molar-refractivity contribution in [2.24, 2.45) is 0 Å². The molecule has 0 bridgehead atoms. The first kappa shape index (κ1) is 13.3. The van der Waals surface area contributed by atoms with Gasteiger partial charge in [-0.05, 0) is 25.0 Å². The van der Waals surface area contributed by atoms with E-state index >= 15 is 0 Å². The molecule has 1 aliphatic carbocycles. The smallest absolute Gasteiger partial charge is 0.206 e. The minimum absolute atomic E-state index is 0.148. The van der Waals surface area contributed by atoms with Crippen LogP contribution in [0.3, 0.4) is 0 Å². The minimum atomic E-state index is -3.35. The van der Waals surface area contributed by atoms with Crippen molar-refractivity contribution in [3.05, 3.63) is 16.5 Å². The lowest BCUT2D eigenvalue weighted by atomic mass is 9.96. The number of hydrogen-bond donors (Lipinski definition) is 0. The summed E-state index contributed by atoms with van der Waals surface area (Å²) < 4.78 is 27.0. The van der Waals surface area contributed by atoms with Crippen molar-refractivity contribution in [3.63, 3.8) is 0 Å². The summed E-state index contributed by atoms with van der Waals surface area (Å²) in [4.78, 5) is 0. The highest BCUT2D eigenvalue weighted by molar-refractivity contribution is 7.91. The highest BCUT2D eigenvalue weighted by Gasteiger charge is 2.29. The van der Waals surface area contributed by atoms with E-state index < -0.39 is 10.0 Å². The third-order valence-corrected chi connectivity index (χ3v) is 6.88. The zero-order valence-electron chi connectivity index (χ0n) is 9.73. The van der Waals surface area contributed by atoms with Crippen LogP contribution in [0, 0.1) is 0 Å². The Bertz CT molecular complexity index is 477. The summed E-state index contributed by atoms with van der Waals surface area (Å²) in [5.41, 5.74) is 0. The van der Waals surface area contributed by atoms with Crippen LogP contribution in [0.15, 0.2) is 16.3 Å². The van der Waals surface area contributed by atoms with Crippen molar-refractivity contribution in [2.75, 3.05) is 7.05 Å². The molecule has 1 aliphatic rings. The SMILES string of the molecule is CN(C1CCCCC1)S(=O)(=O)c1ccc(Cl)s1. The summed E-state index contributed by atoms with van der Waals surface area (Å²) in [6.07, 6.45) is 5.39. The van der Waals surface area contributed by atoms with E-state index in [4.69, 9.17) is 11.6 Å². The van der Waals surface area contributed by atoms with Crippen LogP contribution in [-0.2, 0) is 10.0 Å². The molecule has 2 rings (SSSR count). The Morgan fingerprint density at radius 2 is 1.94 bits per heavy atom. The maximum atomic E-state index is 12.3. The second-order valence-electron chi connectivity index (χ2n) is 4.37. The molecule has 1 aromatic rings. The largest absolute Gasteiger partial charge is 0.252 e. The van der Waals surface area contributed by atoms with Gasteiger partial charge in [0.15, 0.2) is 0 Å². The highest BCUT2D eigenvalue weighted by Crippen LogP contribution is 2.31. The molecular formula is C11H16ClNO2S2. The Morgan fingerprint density at radius 1 is 1.29 bits per heavy atom. The van der Waals surface area contributed by atoms with Gasteiger partial charge in [0.1, 0.15) is 4.21 Å². The molecule has 0 aromatic carbocycles. The number of halogens is 1. The minimum Gasteiger partial charge on any atom is -0.206 e. The third-order valence-electron chi connectivity index (χ3n) is 3.27. The molecular weight excluding hydrogens is 278 g/mol. The fourth-order valence-electron chi connectivity index (χ4n) is 2.22. The average molecular weight is 294 g/mol. The van der Waals surface area contributed by atoms with E-state index in [0.717, 1.165) is 37.0 Å².